The van der Waals surface area contributed by atoms with Gasteiger partial charge in [-0.3, -0.25) is 4.98 Å². The SMILES string of the molecule is O=C(NCc1cncc(-c2cccs2)c1)NC12CC3CC(CC(C3)C1)C2. The zero-order valence-corrected chi connectivity index (χ0v) is 15.7. The molecule has 0 radical (unpaired) electrons. The largest absolute Gasteiger partial charge is 0.334 e. The molecule has 0 saturated heterocycles. The van der Waals surface area contributed by atoms with Crippen LogP contribution >= 0.6 is 11.3 Å². The molecule has 4 saturated carbocycles. The highest BCUT2D eigenvalue weighted by molar-refractivity contribution is 7.13. The average Bonchev–Trinajstić information content (AvgIpc) is 3.13. The summed E-state index contributed by atoms with van der Waals surface area (Å²) < 4.78 is 0. The van der Waals surface area contributed by atoms with Gasteiger partial charge in [0.15, 0.2) is 0 Å². The molecule has 0 unspecified atom stereocenters. The lowest BCUT2D eigenvalue weighted by Crippen LogP contribution is -2.61. The third-order valence-electron chi connectivity index (χ3n) is 6.47. The van der Waals surface area contributed by atoms with Gasteiger partial charge in [0.25, 0.3) is 0 Å². The molecule has 6 rings (SSSR count). The Kier molecular flexibility index (Phi) is 4.00. The van der Waals surface area contributed by atoms with Crippen molar-refractivity contribution in [1.82, 2.24) is 15.6 Å². The van der Waals surface area contributed by atoms with Crippen LogP contribution < -0.4 is 10.6 Å². The van der Waals surface area contributed by atoms with Gasteiger partial charge in [-0.05, 0) is 79.4 Å². The lowest BCUT2D eigenvalue weighted by Gasteiger charge is -2.56. The normalized spacial score (nSPS) is 31.8. The number of urea groups is 1. The molecule has 4 nitrogen and oxygen atoms in total. The van der Waals surface area contributed by atoms with Crippen LogP contribution in [0.1, 0.15) is 44.1 Å². The molecule has 2 aromatic heterocycles. The molecule has 0 aromatic carbocycles. The average molecular weight is 368 g/mol. The van der Waals surface area contributed by atoms with Crippen LogP contribution in [0.3, 0.4) is 0 Å². The number of carbonyl (C=O) groups excluding carboxylic acids is 1. The number of thiophene rings is 1. The van der Waals surface area contributed by atoms with Crippen LogP contribution in [-0.4, -0.2) is 16.6 Å². The van der Waals surface area contributed by atoms with Crippen LogP contribution in [-0.2, 0) is 6.54 Å². The van der Waals surface area contributed by atoms with E-state index in [1.807, 2.05) is 18.5 Å². The van der Waals surface area contributed by atoms with E-state index in [1.165, 1.54) is 43.4 Å². The molecule has 4 bridgehead atoms. The molecule has 2 heterocycles. The van der Waals surface area contributed by atoms with Crippen LogP contribution in [0.4, 0.5) is 4.79 Å². The maximum atomic E-state index is 12.6. The van der Waals surface area contributed by atoms with E-state index >= 15 is 0 Å². The molecule has 0 atom stereocenters. The first kappa shape index (κ1) is 16.3. The van der Waals surface area contributed by atoms with Crippen molar-refractivity contribution >= 4 is 17.4 Å². The highest BCUT2D eigenvalue weighted by atomic mass is 32.1. The molecule has 2 aromatic rings. The minimum atomic E-state index is -0.0199. The Hall–Kier alpha value is -1.88. The third kappa shape index (κ3) is 3.13. The zero-order chi connectivity index (χ0) is 17.6. The van der Waals surface area contributed by atoms with Gasteiger partial charge < -0.3 is 10.6 Å². The summed E-state index contributed by atoms with van der Waals surface area (Å²) in [7, 11) is 0. The van der Waals surface area contributed by atoms with E-state index in [2.05, 4.69) is 33.1 Å². The minimum Gasteiger partial charge on any atom is -0.334 e. The van der Waals surface area contributed by atoms with Gasteiger partial charge in [0, 0.05) is 34.9 Å². The summed E-state index contributed by atoms with van der Waals surface area (Å²) in [5.41, 5.74) is 2.22. The second-order valence-corrected chi connectivity index (χ2v) is 9.51. The molecule has 26 heavy (non-hydrogen) atoms. The Labute approximate surface area is 158 Å². The Bertz CT molecular complexity index is 766. The molecular formula is C21H25N3OS. The highest BCUT2D eigenvalue weighted by Gasteiger charge is 2.51. The molecule has 4 fully saturated rings. The predicted octanol–water partition coefficient (Wildman–Crippen LogP) is 4.58. The van der Waals surface area contributed by atoms with Crippen LogP contribution in [0.15, 0.2) is 36.0 Å². The van der Waals surface area contributed by atoms with Crippen LogP contribution in [0.2, 0.25) is 0 Å². The van der Waals surface area contributed by atoms with Gasteiger partial charge in [-0.15, -0.1) is 11.3 Å². The van der Waals surface area contributed by atoms with Crippen molar-refractivity contribution in [2.24, 2.45) is 17.8 Å². The summed E-state index contributed by atoms with van der Waals surface area (Å²) in [4.78, 5) is 18.1. The molecule has 0 aliphatic heterocycles. The highest BCUT2D eigenvalue weighted by Crippen LogP contribution is 2.55. The fourth-order valence-corrected chi connectivity index (χ4v) is 6.60. The third-order valence-corrected chi connectivity index (χ3v) is 7.39. The quantitative estimate of drug-likeness (QED) is 0.831. The van der Waals surface area contributed by atoms with Crippen molar-refractivity contribution in [2.45, 2.75) is 50.6 Å². The van der Waals surface area contributed by atoms with Gasteiger partial charge in [-0.2, -0.15) is 0 Å². The molecule has 4 aliphatic carbocycles. The molecular weight excluding hydrogens is 342 g/mol. The lowest BCUT2D eigenvalue weighted by atomic mass is 9.53. The van der Waals surface area contributed by atoms with Crippen molar-refractivity contribution in [3.05, 3.63) is 41.5 Å². The second kappa shape index (κ2) is 6.38. The van der Waals surface area contributed by atoms with Crippen molar-refractivity contribution in [1.29, 1.82) is 0 Å². The fraction of sp³-hybridized carbons (Fsp3) is 0.524. The monoisotopic (exact) mass is 367 g/mol. The topological polar surface area (TPSA) is 54.0 Å². The van der Waals surface area contributed by atoms with E-state index in [9.17, 15) is 4.79 Å². The van der Waals surface area contributed by atoms with Crippen LogP contribution in [0.5, 0.6) is 0 Å². The van der Waals surface area contributed by atoms with Gasteiger partial charge in [-0.25, -0.2) is 4.79 Å². The number of rotatable bonds is 4. The van der Waals surface area contributed by atoms with Crippen molar-refractivity contribution in [2.75, 3.05) is 0 Å². The summed E-state index contributed by atoms with van der Waals surface area (Å²) >= 11 is 1.71. The Morgan fingerprint density at radius 2 is 1.88 bits per heavy atom. The standard InChI is InChI=1S/C21H25N3OS/c25-20(24-21-8-14-4-15(9-21)6-16(5-14)10-21)23-12-17-7-18(13-22-11-17)19-2-1-3-26-19/h1-3,7,11,13-16H,4-6,8-10,12H2,(H2,23,24,25). The summed E-state index contributed by atoms with van der Waals surface area (Å²) in [6.07, 6.45) is 11.4. The number of hydrogen-bond donors (Lipinski definition) is 2. The van der Waals surface area contributed by atoms with Gasteiger partial charge >= 0.3 is 6.03 Å². The van der Waals surface area contributed by atoms with E-state index in [0.29, 0.717) is 6.54 Å². The Morgan fingerprint density at radius 3 is 2.54 bits per heavy atom. The molecule has 2 N–H and O–H groups in total. The van der Waals surface area contributed by atoms with E-state index in [0.717, 1.165) is 28.9 Å². The molecule has 0 spiro atoms. The Morgan fingerprint density at radius 1 is 1.15 bits per heavy atom. The first-order chi connectivity index (χ1) is 12.7. The predicted molar refractivity (Wildman–Crippen MR) is 104 cm³/mol. The summed E-state index contributed by atoms with van der Waals surface area (Å²) in [5, 5.41) is 8.50. The van der Waals surface area contributed by atoms with E-state index in [4.69, 9.17) is 0 Å². The van der Waals surface area contributed by atoms with Gasteiger partial charge in [0.05, 0.1) is 0 Å². The van der Waals surface area contributed by atoms with Crippen molar-refractivity contribution < 1.29 is 4.79 Å². The maximum Gasteiger partial charge on any atom is 0.315 e. The smallest absolute Gasteiger partial charge is 0.315 e. The van der Waals surface area contributed by atoms with E-state index in [-0.39, 0.29) is 11.6 Å². The second-order valence-electron chi connectivity index (χ2n) is 8.56. The molecule has 5 heteroatoms. The summed E-state index contributed by atoms with van der Waals surface area (Å²) in [6, 6.07) is 6.24. The van der Waals surface area contributed by atoms with E-state index in [1.54, 1.807) is 11.3 Å². The van der Waals surface area contributed by atoms with E-state index < -0.39 is 0 Å². The van der Waals surface area contributed by atoms with Crippen molar-refractivity contribution in [3.63, 3.8) is 0 Å². The molecule has 4 aliphatic rings. The van der Waals surface area contributed by atoms with Crippen LogP contribution in [0, 0.1) is 17.8 Å². The zero-order valence-electron chi connectivity index (χ0n) is 14.9. The number of nitrogens with zero attached hydrogens (tertiary/aromatic N) is 1. The lowest BCUT2D eigenvalue weighted by molar-refractivity contribution is -0.0135. The number of pyridine rings is 1. The van der Waals surface area contributed by atoms with Gasteiger partial charge in [0.1, 0.15) is 0 Å². The first-order valence-electron chi connectivity index (χ1n) is 9.71. The maximum absolute atomic E-state index is 12.6. The number of amides is 2. The number of hydrogen-bond acceptors (Lipinski definition) is 3. The fourth-order valence-electron chi connectivity index (χ4n) is 5.89. The number of carbonyl (C=O) groups is 1. The van der Waals surface area contributed by atoms with Crippen molar-refractivity contribution in [3.8, 4) is 10.4 Å². The number of aromatic nitrogens is 1. The van der Waals surface area contributed by atoms with Gasteiger partial charge in [0.2, 0.25) is 0 Å². The molecule has 2 amide bonds. The van der Waals surface area contributed by atoms with Gasteiger partial charge in [-0.1, -0.05) is 6.07 Å². The minimum absolute atomic E-state index is 0.0199. The Balaban J connectivity index is 1.21. The summed E-state index contributed by atoms with van der Waals surface area (Å²) in [6.45, 7) is 0.518. The molecule has 136 valence electrons. The first-order valence-corrected chi connectivity index (χ1v) is 10.6. The number of nitrogens with one attached hydrogen (secondary N) is 2. The van der Waals surface area contributed by atoms with Crippen LogP contribution in [0.25, 0.3) is 10.4 Å². The summed E-state index contributed by atoms with van der Waals surface area (Å²) in [5.74, 6) is 2.52.